The number of hydrogen-bond acceptors (Lipinski definition) is 5. The smallest absolute Gasteiger partial charge is 0.138 e. The van der Waals surface area contributed by atoms with Crippen LogP contribution in [0.15, 0.2) is 41.4 Å². The van der Waals surface area contributed by atoms with Gasteiger partial charge in [-0.2, -0.15) is 0 Å². The van der Waals surface area contributed by atoms with Crippen molar-refractivity contribution in [1.29, 1.82) is 0 Å². The summed E-state index contributed by atoms with van der Waals surface area (Å²) in [6.07, 6.45) is 7.12. The van der Waals surface area contributed by atoms with E-state index in [2.05, 4.69) is 48.1 Å². The van der Waals surface area contributed by atoms with Crippen molar-refractivity contribution in [1.82, 2.24) is 19.9 Å². The number of rotatable bonds is 3. The summed E-state index contributed by atoms with van der Waals surface area (Å²) in [5.74, 6) is 1.53. The van der Waals surface area contributed by atoms with Gasteiger partial charge >= 0.3 is 0 Å². The fourth-order valence-corrected chi connectivity index (χ4v) is 2.54. The molecule has 0 amide bonds. The number of nitrogens with zero attached hydrogens (tertiary/aromatic N) is 4. The number of anilines is 1. The molecular weight excluding hydrogens is 330 g/mol. The Kier molecular flexibility index (Phi) is 3.79. The van der Waals surface area contributed by atoms with E-state index in [4.69, 9.17) is 0 Å². The van der Waals surface area contributed by atoms with E-state index in [1.165, 1.54) is 0 Å². The first-order valence-electron chi connectivity index (χ1n) is 6.59. The summed E-state index contributed by atoms with van der Waals surface area (Å²) in [6, 6.07) is 4.05. The van der Waals surface area contributed by atoms with E-state index in [1.807, 2.05) is 25.3 Å². The number of pyridine rings is 2. The molecule has 6 heteroatoms. The van der Waals surface area contributed by atoms with Gasteiger partial charge in [-0.3, -0.25) is 9.97 Å². The highest BCUT2D eigenvalue weighted by Gasteiger charge is 2.11. The number of aryl methyl sites for hydroxylation is 1. The van der Waals surface area contributed by atoms with Crippen LogP contribution in [-0.2, 0) is 0 Å². The minimum atomic E-state index is 0.0839. The Morgan fingerprint density at radius 3 is 2.81 bits per heavy atom. The number of hydrogen-bond donors (Lipinski definition) is 1. The molecule has 0 saturated heterocycles. The van der Waals surface area contributed by atoms with Gasteiger partial charge in [0.25, 0.3) is 0 Å². The van der Waals surface area contributed by atoms with Crippen LogP contribution in [0, 0.1) is 6.92 Å². The number of nitrogens with one attached hydrogen (secondary N) is 1. The minimum absolute atomic E-state index is 0.0839. The van der Waals surface area contributed by atoms with Crippen molar-refractivity contribution >= 4 is 32.7 Å². The summed E-state index contributed by atoms with van der Waals surface area (Å²) in [5, 5.41) is 4.39. The van der Waals surface area contributed by atoms with Gasteiger partial charge < -0.3 is 5.32 Å². The standard InChI is InChI=1S/C15H14BrN5/c1-9(11-5-12(16)7-18-6-11)19-15-13-3-4-17-8-14(13)20-10(2)21-15/h3-9H,1-2H3,(H,19,20,21)/t9-/m1/s1. The highest BCUT2D eigenvalue weighted by Crippen LogP contribution is 2.24. The predicted octanol–water partition coefficient (Wildman–Crippen LogP) is 3.66. The summed E-state index contributed by atoms with van der Waals surface area (Å²) < 4.78 is 0.960. The van der Waals surface area contributed by atoms with Crippen LogP contribution in [0.1, 0.15) is 24.4 Å². The van der Waals surface area contributed by atoms with Gasteiger partial charge in [0.05, 0.1) is 17.8 Å². The molecule has 3 aromatic heterocycles. The zero-order valence-electron chi connectivity index (χ0n) is 11.7. The van der Waals surface area contributed by atoms with Crippen LogP contribution in [0.4, 0.5) is 5.82 Å². The van der Waals surface area contributed by atoms with E-state index >= 15 is 0 Å². The molecule has 0 aliphatic carbocycles. The SMILES string of the molecule is Cc1nc(N[C@H](C)c2cncc(Br)c2)c2ccncc2n1. The third-order valence-electron chi connectivity index (χ3n) is 3.19. The van der Waals surface area contributed by atoms with Crippen LogP contribution in [0.2, 0.25) is 0 Å². The fraction of sp³-hybridized carbons (Fsp3) is 0.200. The first-order chi connectivity index (χ1) is 10.1. The molecule has 21 heavy (non-hydrogen) atoms. The van der Waals surface area contributed by atoms with Crippen molar-refractivity contribution in [2.24, 2.45) is 0 Å². The van der Waals surface area contributed by atoms with E-state index in [-0.39, 0.29) is 6.04 Å². The molecule has 0 spiro atoms. The molecule has 1 N–H and O–H groups in total. The molecular formula is C15H14BrN5. The molecule has 3 heterocycles. The molecule has 0 aromatic carbocycles. The van der Waals surface area contributed by atoms with Gasteiger partial charge in [-0.1, -0.05) is 0 Å². The normalized spacial score (nSPS) is 12.3. The monoisotopic (exact) mass is 343 g/mol. The molecule has 3 aromatic rings. The van der Waals surface area contributed by atoms with Crippen LogP contribution < -0.4 is 5.32 Å². The van der Waals surface area contributed by atoms with Crippen molar-refractivity contribution in [2.75, 3.05) is 5.32 Å². The molecule has 1 atom stereocenters. The molecule has 0 unspecified atom stereocenters. The van der Waals surface area contributed by atoms with Gasteiger partial charge in [0.15, 0.2) is 0 Å². The molecule has 0 saturated carbocycles. The average molecular weight is 344 g/mol. The Morgan fingerprint density at radius 1 is 1.14 bits per heavy atom. The van der Waals surface area contributed by atoms with E-state index < -0.39 is 0 Å². The maximum absolute atomic E-state index is 4.51. The second kappa shape index (κ2) is 5.73. The molecule has 106 valence electrons. The average Bonchev–Trinajstić information content (AvgIpc) is 2.47. The van der Waals surface area contributed by atoms with Crippen LogP contribution in [0.25, 0.3) is 10.9 Å². The van der Waals surface area contributed by atoms with Gasteiger partial charge in [-0.25, -0.2) is 9.97 Å². The first kappa shape index (κ1) is 13.9. The second-order valence-electron chi connectivity index (χ2n) is 4.81. The van der Waals surface area contributed by atoms with Gasteiger partial charge in [0.2, 0.25) is 0 Å². The number of halogens is 1. The van der Waals surface area contributed by atoms with Crippen LogP contribution in [0.3, 0.4) is 0 Å². The van der Waals surface area contributed by atoms with Crippen molar-refractivity contribution in [3.05, 3.63) is 52.8 Å². The summed E-state index contributed by atoms with van der Waals surface area (Å²) in [6.45, 7) is 3.96. The van der Waals surface area contributed by atoms with Crippen LogP contribution >= 0.6 is 15.9 Å². The van der Waals surface area contributed by atoms with Crippen molar-refractivity contribution in [2.45, 2.75) is 19.9 Å². The zero-order valence-corrected chi connectivity index (χ0v) is 13.3. The predicted molar refractivity (Wildman–Crippen MR) is 86.0 cm³/mol. The van der Waals surface area contributed by atoms with Gasteiger partial charge in [-0.15, -0.1) is 0 Å². The molecule has 0 bridgehead atoms. The topological polar surface area (TPSA) is 63.6 Å². The molecule has 5 nitrogen and oxygen atoms in total. The minimum Gasteiger partial charge on any atom is -0.363 e. The highest BCUT2D eigenvalue weighted by molar-refractivity contribution is 9.10. The molecule has 0 aliphatic rings. The lowest BCUT2D eigenvalue weighted by atomic mass is 10.1. The third kappa shape index (κ3) is 3.00. The Balaban J connectivity index is 1.98. The second-order valence-corrected chi connectivity index (χ2v) is 5.73. The summed E-state index contributed by atoms with van der Waals surface area (Å²) in [5.41, 5.74) is 1.93. The number of aromatic nitrogens is 4. The lowest BCUT2D eigenvalue weighted by Gasteiger charge is -2.16. The molecule has 0 fully saturated rings. The first-order valence-corrected chi connectivity index (χ1v) is 7.38. The van der Waals surface area contributed by atoms with Crippen molar-refractivity contribution in [3.63, 3.8) is 0 Å². The molecule has 3 rings (SSSR count). The molecule has 0 aliphatic heterocycles. The van der Waals surface area contributed by atoms with Gasteiger partial charge in [0.1, 0.15) is 11.6 Å². The lowest BCUT2D eigenvalue weighted by molar-refractivity contribution is 0.862. The van der Waals surface area contributed by atoms with E-state index in [1.54, 1.807) is 18.6 Å². The van der Waals surface area contributed by atoms with E-state index in [9.17, 15) is 0 Å². The van der Waals surface area contributed by atoms with Crippen molar-refractivity contribution < 1.29 is 0 Å². The highest BCUT2D eigenvalue weighted by atomic mass is 79.9. The van der Waals surface area contributed by atoms with E-state index in [0.717, 1.165) is 32.6 Å². The summed E-state index contributed by atoms with van der Waals surface area (Å²) >= 11 is 3.44. The summed E-state index contributed by atoms with van der Waals surface area (Å²) in [4.78, 5) is 17.2. The zero-order chi connectivity index (χ0) is 14.8. The quantitative estimate of drug-likeness (QED) is 0.786. The van der Waals surface area contributed by atoms with Gasteiger partial charge in [0, 0.05) is 28.4 Å². The molecule has 0 radical (unpaired) electrons. The maximum Gasteiger partial charge on any atom is 0.138 e. The number of fused-ring (bicyclic) bond motifs is 1. The maximum atomic E-state index is 4.51. The lowest BCUT2D eigenvalue weighted by Crippen LogP contribution is -2.10. The largest absolute Gasteiger partial charge is 0.363 e. The van der Waals surface area contributed by atoms with Crippen LogP contribution in [-0.4, -0.2) is 19.9 Å². The third-order valence-corrected chi connectivity index (χ3v) is 3.62. The van der Waals surface area contributed by atoms with Crippen LogP contribution in [0.5, 0.6) is 0 Å². The Labute approximate surface area is 131 Å². The van der Waals surface area contributed by atoms with E-state index in [0.29, 0.717) is 0 Å². The Morgan fingerprint density at radius 2 is 2.00 bits per heavy atom. The van der Waals surface area contributed by atoms with Gasteiger partial charge in [-0.05, 0) is 47.5 Å². The Bertz CT molecular complexity index is 790. The fourth-order valence-electron chi connectivity index (χ4n) is 2.16. The van der Waals surface area contributed by atoms with Crippen molar-refractivity contribution in [3.8, 4) is 0 Å². The Hall–Kier alpha value is -2.08. The summed E-state index contributed by atoms with van der Waals surface area (Å²) in [7, 11) is 0.